The fraction of sp³-hybridized carbons (Fsp3) is 0.0167. The molecule has 0 spiro atoms. The number of benzene rings is 9. The van der Waals surface area contributed by atoms with E-state index in [9.17, 15) is 0 Å². The molecule has 7 heteroatoms. The van der Waals surface area contributed by atoms with Crippen molar-refractivity contribution in [2.45, 2.75) is 6.17 Å². The van der Waals surface area contributed by atoms with Crippen LogP contribution in [-0.4, -0.2) is 31.2 Å². The van der Waals surface area contributed by atoms with Gasteiger partial charge in [0.05, 0.1) is 11.0 Å². The van der Waals surface area contributed by atoms with Crippen LogP contribution in [0.15, 0.2) is 247 Å². The van der Waals surface area contributed by atoms with Gasteiger partial charge in [-0.3, -0.25) is 0 Å². The second kappa shape index (κ2) is 17.1. The molecule has 0 bridgehead atoms. The van der Waals surface area contributed by atoms with Gasteiger partial charge in [0.15, 0.2) is 23.3 Å². The smallest absolute Gasteiger partial charge is 0.164 e. The fourth-order valence-corrected chi connectivity index (χ4v) is 9.12. The van der Waals surface area contributed by atoms with Crippen LogP contribution in [0.2, 0.25) is 0 Å². The van der Waals surface area contributed by atoms with Crippen LogP contribution < -0.4 is 5.32 Å². The molecule has 316 valence electrons. The summed E-state index contributed by atoms with van der Waals surface area (Å²) in [5.74, 6) is 3.08. The van der Waals surface area contributed by atoms with E-state index in [4.69, 9.17) is 24.9 Å². The number of rotatable bonds is 9. The molecule has 0 fully saturated rings. The second-order valence-electron chi connectivity index (χ2n) is 16.5. The van der Waals surface area contributed by atoms with Crippen molar-refractivity contribution in [2.24, 2.45) is 9.98 Å². The van der Waals surface area contributed by atoms with Gasteiger partial charge >= 0.3 is 0 Å². The molecule has 9 aromatic carbocycles. The Morgan fingerprint density at radius 2 is 0.910 bits per heavy atom. The number of hydrogen-bond donors (Lipinski definition) is 1. The molecule has 7 nitrogen and oxygen atoms in total. The van der Waals surface area contributed by atoms with Gasteiger partial charge < -0.3 is 9.88 Å². The van der Waals surface area contributed by atoms with E-state index >= 15 is 0 Å². The highest BCUT2D eigenvalue weighted by Gasteiger charge is 2.26. The minimum absolute atomic E-state index is 0.406. The highest BCUT2D eigenvalue weighted by Crippen LogP contribution is 2.42. The van der Waals surface area contributed by atoms with Crippen molar-refractivity contribution in [1.82, 2.24) is 24.8 Å². The van der Waals surface area contributed by atoms with Crippen molar-refractivity contribution in [2.75, 3.05) is 0 Å². The standard InChI is InChI=1S/C60H41N7/c1-7-20-40(21-8-1)45-35-37-52-51(38-45)54-49(32-19-33-53(54)67(52)47-30-17-6-18-31-47)48-36-34-46(59-63-55(41-22-9-2-10-23-41)61-56(64-59)42-24-11-3-12-25-42)39-50(48)60-65-57(43-26-13-4-14-27-43)62-58(66-60)44-28-15-5-16-29-44/h1-39,57H,(H,62,65,66). The van der Waals surface area contributed by atoms with Crippen LogP contribution in [-0.2, 0) is 0 Å². The van der Waals surface area contributed by atoms with Crippen molar-refractivity contribution >= 4 is 33.5 Å². The van der Waals surface area contributed by atoms with E-state index in [0.717, 1.165) is 83.1 Å². The number of amidine groups is 2. The number of aromatic nitrogens is 4. The predicted molar refractivity (Wildman–Crippen MR) is 273 cm³/mol. The van der Waals surface area contributed by atoms with Crippen LogP contribution >= 0.6 is 0 Å². The van der Waals surface area contributed by atoms with Gasteiger partial charge in [0, 0.05) is 44.3 Å². The summed E-state index contributed by atoms with van der Waals surface area (Å²) in [6.07, 6.45) is -0.406. The van der Waals surface area contributed by atoms with E-state index in [1.54, 1.807) is 0 Å². The molecule has 0 saturated heterocycles. The molecule has 67 heavy (non-hydrogen) atoms. The summed E-state index contributed by atoms with van der Waals surface area (Å²) in [6, 6.07) is 81.9. The van der Waals surface area contributed by atoms with Crippen molar-refractivity contribution in [3.63, 3.8) is 0 Å². The SMILES string of the molecule is c1ccc(C2=NC(c3ccccc3)NC(c3cc(-c4nc(-c5ccccc5)nc(-c5ccccc5)n4)ccc3-c3cccc4c3c3cc(-c5ccccc5)ccc3n4-c3ccccc3)=N2)cc1. The molecule has 12 rings (SSSR count). The zero-order valence-corrected chi connectivity index (χ0v) is 36.3. The fourth-order valence-electron chi connectivity index (χ4n) is 9.12. The molecule has 1 atom stereocenters. The molecular formula is C60H41N7. The van der Waals surface area contributed by atoms with Gasteiger partial charge in [0.25, 0.3) is 0 Å². The Balaban J connectivity index is 1.13. The third-order valence-electron chi connectivity index (χ3n) is 12.3. The van der Waals surface area contributed by atoms with Crippen LogP contribution in [0, 0.1) is 0 Å². The Morgan fingerprint density at radius 1 is 0.373 bits per heavy atom. The number of aliphatic imine (C=N–C) groups is 2. The maximum Gasteiger partial charge on any atom is 0.164 e. The molecule has 0 aliphatic carbocycles. The predicted octanol–water partition coefficient (Wildman–Crippen LogP) is 13.8. The Hall–Kier alpha value is -9.07. The Kier molecular flexibility index (Phi) is 10.1. The minimum Gasteiger partial charge on any atom is -0.344 e. The maximum absolute atomic E-state index is 5.40. The molecule has 2 aromatic heterocycles. The van der Waals surface area contributed by atoms with Gasteiger partial charge in [-0.05, 0) is 64.2 Å². The lowest BCUT2D eigenvalue weighted by atomic mass is 9.92. The molecule has 11 aromatic rings. The number of para-hydroxylation sites is 1. The lowest BCUT2D eigenvalue weighted by Crippen LogP contribution is -2.34. The van der Waals surface area contributed by atoms with Gasteiger partial charge in [-0.2, -0.15) is 0 Å². The Morgan fingerprint density at radius 3 is 1.54 bits per heavy atom. The second-order valence-corrected chi connectivity index (χ2v) is 16.5. The average Bonchev–Trinajstić information content (AvgIpc) is 3.76. The van der Waals surface area contributed by atoms with Crippen LogP contribution in [0.3, 0.4) is 0 Å². The first kappa shape index (κ1) is 39.5. The molecule has 3 heterocycles. The summed E-state index contributed by atoms with van der Waals surface area (Å²) in [6.45, 7) is 0. The van der Waals surface area contributed by atoms with Gasteiger partial charge in [-0.1, -0.05) is 200 Å². The van der Waals surface area contributed by atoms with Crippen molar-refractivity contribution in [3.8, 4) is 62.1 Å². The quantitative estimate of drug-likeness (QED) is 0.157. The molecule has 0 amide bonds. The first-order valence-electron chi connectivity index (χ1n) is 22.5. The highest BCUT2D eigenvalue weighted by molar-refractivity contribution is 6.20. The highest BCUT2D eigenvalue weighted by atomic mass is 15.2. The van der Waals surface area contributed by atoms with Gasteiger partial charge in [-0.25, -0.2) is 24.9 Å². The average molecular weight is 860 g/mol. The maximum atomic E-state index is 5.40. The topological polar surface area (TPSA) is 80.4 Å². The van der Waals surface area contributed by atoms with Gasteiger partial charge in [0.1, 0.15) is 12.0 Å². The molecule has 1 aliphatic rings. The van der Waals surface area contributed by atoms with E-state index < -0.39 is 6.17 Å². The number of nitrogens with one attached hydrogen (secondary N) is 1. The van der Waals surface area contributed by atoms with Crippen LogP contribution in [0.4, 0.5) is 0 Å². The lowest BCUT2D eigenvalue weighted by Gasteiger charge is -2.25. The summed E-state index contributed by atoms with van der Waals surface area (Å²) in [5, 5.41) is 6.09. The van der Waals surface area contributed by atoms with Crippen LogP contribution in [0.5, 0.6) is 0 Å². The lowest BCUT2D eigenvalue weighted by molar-refractivity contribution is 0.674. The summed E-state index contributed by atoms with van der Waals surface area (Å²) in [7, 11) is 0. The number of nitrogens with zero attached hydrogens (tertiary/aromatic N) is 6. The third kappa shape index (κ3) is 7.54. The zero-order chi connectivity index (χ0) is 44.5. The molecule has 0 saturated carbocycles. The normalized spacial score (nSPS) is 13.5. The molecule has 1 N–H and O–H groups in total. The van der Waals surface area contributed by atoms with E-state index in [0.29, 0.717) is 29.1 Å². The van der Waals surface area contributed by atoms with E-state index in [-0.39, 0.29) is 0 Å². The monoisotopic (exact) mass is 859 g/mol. The van der Waals surface area contributed by atoms with E-state index in [1.807, 2.05) is 84.9 Å². The Bertz CT molecular complexity index is 3570. The number of fused-ring (bicyclic) bond motifs is 3. The van der Waals surface area contributed by atoms with Gasteiger partial charge in [-0.15, -0.1) is 0 Å². The summed E-state index contributed by atoms with van der Waals surface area (Å²) in [5.41, 5.74) is 13.2. The zero-order valence-electron chi connectivity index (χ0n) is 36.3. The minimum atomic E-state index is -0.406. The molecular weight excluding hydrogens is 819 g/mol. The summed E-state index contributed by atoms with van der Waals surface area (Å²) < 4.78 is 2.37. The van der Waals surface area contributed by atoms with E-state index in [2.05, 4.69) is 162 Å². The number of hydrogen-bond acceptors (Lipinski definition) is 6. The largest absolute Gasteiger partial charge is 0.344 e. The van der Waals surface area contributed by atoms with Crippen molar-refractivity contribution in [3.05, 3.63) is 253 Å². The molecule has 0 radical (unpaired) electrons. The van der Waals surface area contributed by atoms with Gasteiger partial charge in [0.2, 0.25) is 0 Å². The summed E-state index contributed by atoms with van der Waals surface area (Å²) >= 11 is 0. The Labute approximate surface area is 388 Å². The van der Waals surface area contributed by atoms with Crippen molar-refractivity contribution < 1.29 is 0 Å². The summed E-state index contributed by atoms with van der Waals surface area (Å²) in [4.78, 5) is 26.0. The first-order valence-corrected chi connectivity index (χ1v) is 22.5. The van der Waals surface area contributed by atoms with Crippen LogP contribution in [0.25, 0.3) is 83.9 Å². The van der Waals surface area contributed by atoms with E-state index in [1.165, 1.54) is 0 Å². The third-order valence-corrected chi connectivity index (χ3v) is 12.3. The first-order chi connectivity index (χ1) is 33.2. The molecule has 1 unspecified atom stereocenters. The van der Waals surface area contributed by atoms with Crippen LogP contribution in [0.1, 0.15) is 22.9 Å². The molecule has 1 aliphatic heterocycles. The van der Waals surface area contributed by atoms with Crippen molar-refractivity contribution in [1.29, 1.82) is 0 Å².